The van der Waals surface area contributed by atoms with E-state index in [1.54, 1.807) is 0 Å². The van der Waals surface area contributed by atoms with Crippen molar-refractivity contribution in [3.8, 4) is 0 Å². The van der Waals surface area contributed by atoms with E-state index >= 15 is 0 Å². The third-order valence-corrected chi connectivity index (χ3v) is 4.53. The van der Waals surface area contributed by atoms with Crippen LogP contribution in [0.15, 0.2) is 54.6 Å². The number of ether oxygens (including phenoxy) is 1. The number of carbonyl (C=O) groups is 1. The Kier molecular flexibility index (Phi) is 5.62. The molecule has 0 aromatic heterocycles. The molecule has 1 fully saturated rings. The third kappa shape index (κ3) is 3.83. The minimum atomic E-state index is -0.187. The molecule has 0 radical (unpaired) electrons. The summed E-state index contributed by atoms with van der Waals surface area (Å²) in [6.45, 7) is 1.09. The molecule has 0 bridgehead atoms. The molecule has 126 valence electrons. The summed E-state index contributed by atoms with van der Waals surface area (Å²) in [6.07, 6.45) is 1.54. The van der Waals surface area contributed by atoms with E-state index in [2.05, 4.69) is 5.32 Å². The zero-order valence-corrected chi connectivity index (χ0v) is 13.7. The average molecular weight is 325 g/mol. The standard InChI is InChI=1S/C20H23NO3/c22-14-17-10-5-4-9-16(17)13-21-20(23)18-11-6-12-24-19(18)15-7-2-1-3-8-15/h1-5,7-10,18-19,22H,6,11-14H2,(H,21,23). The highest BCUT2D eigenvalue weighted by Crippen LogP contribution is 2.33. The Morgan fingerprint density at radius 3 is 2.54 bits per heavy atom. The quantitative estimate of drug-likeness (QED) is 0.888. The molecule has 2 atom stereocenters. The second kappa shape index (κ2) is 8.08. The van der Waals surface area contributed by atoms with Crippen LogP contribution in [-0.4, -0.2) is 17.6 Å². The first-order chi connectivity index (χ1) is 11.8. The Morgan fingerprint density at radius 1 is 1.08 bits per heavy atom. The molecule has 1 amide bonds. The predicted molar refractivity (Wildman–Crippen MR) is 92.1 cm³/mol. The normalized spacial score (nSPS) is 20.5. The summed E-state index contributed by atoms with van der Waals surface area (Å²) >= 11 is 0. The molecule has 4 nitrogen and oxygen atoms in total. The molecule has 1 heterocycles. The Labute approximate surface area is 142 Å². The van der Waals surface area contributed by atoms with Gasteiger partial charge in [0.25, 0.3) is 0 Å². The van der Waals surface area contributed by atoms with Gasteiger partial charge in [-0.3, -0.25) is 4.79 Å². The van der Waals surface area contributed by atoms with Crippen LogP contribution in [0.2, 0.25) is 0 Å². The van der Waals surface area contributed by atoms with Crippen molar-refractivity contribution >= 4 is 5.91 Å². The van der Waals surface area contributed by atoms with Crippen LogP contribution in [0.4, 0.5) is 0 Å². The number of rotatable bonds is 5. The number of hydrogen-bond acceptors (Lipinski definition) is 3. The minimum Gasteiger partial charge on any atom is -0.392 e. The van der Waals surface area contributed by atoms with Crippen molar-refractivity contribution in [2.45, 2.75) is 32.1 Å². The summed E-state index contributed by atoms with van der Waals surface area (Å²) in [4.78, 5) is 12.7. The van der Waals surface area contributed by atoms with Crippen molar-refractivity contribution in [1.29, 1.82) is 0 Å². The van der Waals surface area contributed by atoms with Crippen LogP contribution in [0.3, 0.4) is 0 Å². The summed E-state index contributed by atoms with van der Waals surface area (Å²) < 4.78 is 5.89. The lowest BCUT2D eigenvalue weighted by Crippen LogP contribution is -2.37. The van der Waals surface area contributed by atoms with Crippen LogP contribution in [0, 0.1) is 5.92 Å². The smallest absolute Gasteiger partial charge is 0.226 e. The van der Waals surface area contributed by atoms with E-state index < -0.39 is 0 Å². The zero-order chi connectivity index (χ0) is 16.8. The monoisotopic (exact) mass is 325 g/mol. The summed E-state index contributed by atoms with van der Waals surface area (Å²) in [6, 6.07) is 17.5. The highest BCUT2D eigenvalue weighted by molar-refractivity contribution is 5.79. The van der Waals surface area contributed by atoms with Crippen molar-refractivity contribution < 1.29 is 14.6 Å². The van der Waals surface area contributed by atoms with Crippen LogP contribution in [0.25, 0.3) is 0 Å². The SMILES string of the molecule is O=C(NCc1ccccc1CO)C1CCCOC1c1ccccc1. The Hall–Kier alpha value is -2.17. The molecular formula is C20H23NO3. The fourth-order valence-electron chi connectivity index (χ4n) is 3.22. The molecule has 4 heteroatoms. The van der Waals surface area contributed by atoms with Gasteiger partial charge in [0.05, 0.1) is 18.6 Å². The van der Waals surface area contributed by atoms with Crippen LogP contribution >= 0.6 is 0 Å². The first-order valence-corrected chi connectivity index (χ1v) is 8.41. The number of aliphatic hydroxyl groups is 1. The number of nitrogens with one attached hydrogen (secondary N) is 1. The number of benzene rings is 2. The van der Waals surface area contributed by atoms with Crippen molar-refractivity contribution in [3.05, 3.63) is 71.3 Å². The summed E-state index contributed by atoms with van der Waals surface area (Å²) in [5.74, 6) is -0.168. The van der Waals surface area contributed by atoms with E-state index in [1.165, 1.54) is 0 Å². The molecule has 3 rings (SSSR count). The Bertz CT molecular complexity index is 672. The lowest BCUT2D eigenvalue weighted by molar-refractivity contribution is -0.134. The minimum absolute atomic E-state index is 0.0105. The molecule has 0 saturated carbocycles. The Balaban J connectivity index is 1.68. The first kappa shape index (κ1) is 16.7. The Morgan fingerprint density at radius 2 is 1.79 bits per heavy atom. The second-order valence-electron chi connectivity index (χ2n) is 6.10. The molecule has 2 unspecified atom stereocenters. The van der Waals surface area contributed by atoms with Crippen molar-refractivity contribution in [3.63, 3.8) is 0 Å². The van der Waals surface area contributed by atoms with E-state index in [1.807, 2.05) is 54.6 Å². The lowest BCUT2D eigenvalue weighted by atomic mass is 9.88. The van der Waals surface area contributed by atoms with Crippen LogP contribution in [0.5, 0.6) is 0 Å². The van der Waals surface area contributed by atoms with Crippen molar-refractivity contribution in [1.82, 2.24) is 5.32 Å². The average Bonchev–Trinajstić information content (AvgIpc) is 2.67. The number of carbonyl (C=O) groups excluding carboxylic acids is 1. The lowest BCUT2D eigenvalue weighted by Gasteiger charge is -2.31. The summed E-state index contributed by atoms with van der Waals surface area (Å²) in [5.41, 5.74) is 2.84. The molecular weight excluding hydrogens is 302 g/mol. The van der Waals surface area contributed by atoms with Gasteiger partial charge in [-0.1, -0.05) is 54.6 Å². The van der Waals surface area contributed by atoms with Gasteiger partial charge in [0.15, 0.2) is 0 Å². The van der Waals surface area contributed by atoms with E-state index in [-0.39, 0.29) is 24.5 Å². The number of aliphatic hydroxyl groups excluding tert-OH is 1. The molecule has 2 aromatic rings. The molecule has 0 aliphatic carbocycles. The predicted octanol–water partition coefficient (Wildman–Crippen LogP) is 2.96. The molecule has 2 aromatic carbocycles. The van der Waals surface area contributed by atoms with Gasteiger partial charge < -0.3 is 15.2 Å². The van der Waals surface area contributed by atoms with E-state index in [4.69, 9.17) is 4.74 Å². The van der Waals surface area contributed by atoms with Crippen LogP contribution < -0.4 is 5.32 Å². The highest BCUT2D eigenvalue weighted by atomic mass is 16.5. The fourth-order valence-corrected chi connectivity index (χ4v) is 3.22. The molecule has 1 saturated heterocycles. The number of hydrogen-bond donors (Lipinski definition) is 2. The fraction of sp³-hybridized carbons (Fsp3) is 0.350. The maximum Gasteiger partial charge on any atom is 0.226 e. The maximum absolute atomic E-state index is 12.7. The zero-order valence-electron chi connectivity index (χ0n) is 13.7. The van der Waals surface area contributed by atoms with E-state index in [0.29, 0.717) is 13.2 Å². The maximum atomic E-state index is 12.7. The van der Waals surface area contributed by atoms with Gasteiger partial charge in [0.1, 0.15) is 0 Å². The second-order valence-corrected chi connectivity index (χ2v) is 6.10. The van der Waals surface area contributed by atoms with Gasteiger partial charge in [-0.25, -0.2) is 0 Å². The topological polar surface area (TPSA) is 58.6 Å². The molecule has 1 aliphatic rings. The van der Waals surface area contributed by atoms with Crippen molar-refractivity contribution in [2.75, 3.05) is 6.61 Å². The van der Waals surface area contributed by atoms with Gasteiger partial charge in [0, 0.05) is 13.2 Å². The third-order valence-electron chi connectivity index (χ3n) is 4.53. The van der Waals surface area contributed by atoms with Gasteiger partial charge in [-0.15, -0.1) is 0 Å². The molecule has 24 heavy (non-hydrogen) atoms. The van der Waals surface area contributed by atoms with Crippen LogP contribution in [-0.2, 0) is 22.7 Å². The van der Waals surface area contributed by atoms with E-state index in [9.17, 15) is 9.90 Å². The molecule has 1 aliphatic heterocycles. The highest BCUT2D eigenvalue weighted by Gasteiger charge is 2.32. The largest absolute Gasteiger partial charge is 0.392 e. The van der Waals surface area contributed by atoms with Gasteiger partial charge in [0.2, 0.25) is 5.91 Å². The van der Waals surface area contributed by atoms with Gasteiger partial charge in [-0.05, 0) is 29.5 Å². The molecule has 0 spiro atoms. The van der Waals surface area contributed by atoms with Crippen LogP contribution in [0.1, 0.15) is 35.6 Å². The first-order valence-electron chi connectivity index (χ1n) is 8.41. The molecule has 2 N–H and O–H groups in total. The van der Waals surface area contributed by atoms with Gasteiger partial charge >= 0.3 is 0 Å². The number of amides is 1. The van der Waals surface area contributed by atoms with Crippen molar-refractivity contribution in [2.24, 2.45) is 5.92 Å². The van der Waals surface area contributed by atoms with E-state index in [0.717, 1.165) is 29.5 Å². The summed E-state index contributed by atoms with van der Waals surface area (Å²) in [7, 11) is 0. The van der Waals surface area contributed by atoms with Gasteiger partial charge in [-0.2, -0.15) is 0 Å². The summed E-state index contributed by atoms with van der Waals surface area (Å²) in [5, 5.41) is 12.4.